The maximum absolute atomic E-state index is 11.7. The first-order valence-corrected chi connectivity index (χ1v) is 5.92. The highest BCUT2D eigenvalue weighted by Gasteiger charge is 2.21. The minimum Gasteiger partial charge on any atom is -0.393 e. The van der Waals surface area contributed by atoms with Gasteiger partial charge in [-0.25, -0.2) is 0 Å². The fourth-order valence-corrected chi connectivity index (χ4v) is 1.59. The molecule has 0 saturated carbocycles. The zero-order valence-electron chi connectivity index (χ0n) is 11.1. The molecule has 0 aliphatic rings. The van der Waals surface area contributed by atoms with Crippen molar-refractivity contribution in [2.75, 3.05) is 11.1 Å². The first-order chi connectivity index (χ1) is 8.82. The van der Waals surface area contributed by atoms with Gasteiger partial charge in [-0.2, -0.15) is 0 Å². The van der Waals surface area contributed by atoms with Gasteiger partial charge in [0.2, 0.25) is 5.91 Å². The number of para-hydroxylation sites is 1. The van der Waals surface area contributed by atoms with E-state index in [1.54, 1.807) is 13.0 Å². The van der Waals surface area contributed by atoms with Crippen LogP contribution in [0, 0.1) is 10.1 Å². The second kappa shape index (κ2) is 6.03. The number of carbonyl (C=O) groups excluding carboxylic acids is 1. The summed E-state index contributed by atoms with van der Waals surface area (Å²) in [5.41, 5.74) is 5.65. The normalized spacial score (nSPS) is 12.0. The lowest BCUT2D eigenvalue weighted by molar-refractivity contribution is -0.383. The van der Waals surface area contributed by atoms with Crippen LogP contribution in [0.4, 0.5) is 17.1 Å². The lowest BCUT2D eigenvalue weighted by Gasteiger charge is -2.17. The molecule has 1 aromatic rings. The van der Waals surface area contributed by atoms with Crippen LogP contribution < -0.4 is 16.4 Å². The van der Waals surface area contributed by atoms with Gasteiger partial charge in [-0.3, -0.25) is 14.9 Å². The summed E-state index contributed by atoms with van der Waals surface area (Å²) in [7, 11) is 0. The fraction of sp³-hybridized carbons (Fsp3) is 0.417. The molecule has 1 rings (SSSR count). The Kier molecular flexibility index (Phi) is 4.68. The van der Waals surface area contributed by atoms with Crippen molar-refractivity contribution in [2.45, 2.75) is 32.9 Å². The van der Waals surface area contributed by atoms with Crippen LogP contribution in [0.2, 0.25) is 0 Å². The lowest BCUT2D eigenvalue weighted by Crippen LogP contribution is -2.41. The van der Waals surface area contributed by atoms with E-state index >= 15 is 0 Å². The van der Waals surface area contributed by atoms with Crippen molar-refractivity contribution < 1.29 is 9.72 Å². The summed E-state index contributed by atoms with van der Waals surface area (Å²) in [4.78, 5) is 22.1. The van der Waals surface area contributed by atoms with Gasteiger partial charge in [0.15, 0.2) is 0 Å². The van der Waals surface area contributed by atoms with Gasteiger partial charge in [0.25, 0.3) is 0 Å². The van der Waals surface area contributed by atoms with Crippen molar-refractivity contribution in [1.82, 2.24) is 5.32 Å². The number of carbonyl (C=O) groups is 1. The molecule has 0 aliphatic heterocycles. The Hall–Kier alpha value is -2.31. The molecule has 0 bridgehead atoms. The molecule has 0 spiro atoms. The van der Waals surface area contributed by atoms with Gasteiger partial charge in [0.05, 0.1) is 4.92 Å². The van der Waals surface area contributed by atoms with Gasteiger partial charge in [0, 0.05) is 6.04 Å². The van der Waals surface area contributed by atoms with Crippen LogP contribution in [0.1, 0.15) is 20.8 Å². The van der Waals surface area contributed by atoms with Gasteiger partial charge in [-0.05, 0) is 32.9 Å². The van der Waals surface area contributed by atoms with Gasteiger partial charge >= 0.3 is 5.69 Å². The first-order valence-electron chi connectivity index (χ1n) is 5.92. The monoisotopic (exact) mass is 266 g/mol. The molecule has 104 valence electrons. The Bertz CT molecular complexity index is 488. The van der Waals surface area contributed by atoms with E-state index in [4.69, 9.17) is 5.73 Å². The lowest BCUT2D eigenvalue weighted by atomic mass is 10.2. The molecule has 0 radical (unpaired) electrons. The van der Waals surface area contributed by atoms with Crippen molar-refractivity contribution in [3.05, 3.63) is 28.3 Å². The van der Waals surface area contributed by atoms with Gasteiger partial charge < -0.3 is 16.4 Å². The number of hydrogen-bond acceptors (Lipinski definition) is 5. The van der Waals surface area contributed by atoms with Gasteiger partial charge in [-0.15, -0.1) is 0 Å². The van der Waals surface area contributed by atoms with E-state index in [1.807, 2.05) is 13.8 Å². The number of nitrogens with one attached hydrogen (secondary N) is 2. The molecule has 1 amide bonds. The highest BCUT2D eigenvalue weighted by atomic mass is 16.6. The molecule has 0 aromatic heterocycles. The molecular formula is C12H18N4O3. The number of rotatable bonds is 5. The molecule has 1 aromatic carbocycles. The van der Waals surface area contributed by atoms with Crippen LogP contribution in [-0.2, 0) is 4.79 Å². The Morgan fingerprint density at radius 2 is 2.00 bits per heavy atom. The van der Waals surface area contributed by atoms with Gasteiger partial charge in [-0.1, -0.05) is 6.07 Å². The second-order valence-corrected chi connectivity index (χ2v) is 4.53. The quantitative estimate of drug-likeness (QED) is 0.425. The zero-order valence-corrected chi connectivity index (χ0v) is 11.1. The Balaban J connectivity index is 2.91. The topological polar surface area (TPSA) is 110 Å². The highest BCUT2D eigenvalue weighted by molar-refractivity contribution is 5.86. The minimum atomic E-state index is -0.595. The molecule has 0 fully saturated rings. The predicted octanol–water partition coefficient (Wildman–Crippen LogP) is 1.50. The number of benzene rings is 1. The number of nitrogen functional groups attached to an aromatic ring is 1. The van der Waals surface area contributed by atoms with E-state index in [0.717, 1.165) is 0 Å². The van der Waals surface area contributed by atoms with Crippen LogP contribution in [0.25, 0.3) is 0 Å². The number of amides is 1. The molecule has 1 unspecified atom stereocenters. The predicted molar refractivity (Wildman–Crippen MR) is 73.9 cm³/mol. The average Bonchev–Trinajstić information content (AvgIpc) is 2.27. The molecule has 7 nitrogen and oxygen atoms in total. The van der Waals surface area contributed by atoms with E-state index in [-0.39, 0.29) is 29.0 Å². The molecule has 4 N–H and O–H groups in total. The smallest absolute Gasteiger partial charge is 0.314 e. The summed E-state index contributed by atoms with van der Waals surface area (Å²) in [6, 6.07) is 3.98. The van der Waals surface area contributed by atoms with Crippen LogP contribution >= 0.6 is 0 Å². The Morgan fingerprint density at radius 1 is 1.37 bits per heavy atom. The number of nitro groups is 1. The summed E-state index contributed by atoms with van der Waals surface area (Å²) in [5, 5.41) is 16.5. The van der Waals surface area contributed by atoms with Crippen molar-refractivity contribution in [3.8, 4) is 0 Å². The summed E-state index contributed by atoms with van der Waals surface area (Å²) in [6.45, 7) is 5.31. The standard InChI is InChI=1S/C12H18N4O3/c1-7(2)14-12(17)8(3)15-10-6-4-5-9(13)11(10)16(18)19/h4-8,15H,13H2,1-3H3,(H,14,17). The summed E-state index contributed by atoms with van der Waals surface area (Å²) >= 11 is 0. The van der Waals surface area contributed by atoms with Crippen molar-refractivity contribution in [2.24, 2.45) is 0 Å². The second-order valence-electron chi connectivity index (χ2n) is 4.53. The highest BCUT2D eigenvalue weighted by Crippen LogP contribution is 2.30. The number of nitrogens with zero attached hydrogens (tertiary/aromatic N) is 1. The van der Waals surface area contributed by atoms with Gasteiger partial charge in [0.1, 0.15) is 17.4 Å². The minimum absolute atomic E-state index is 0.00702. The van der Waals surface area contributed by atoms with E-state index in [0.29, 0.717) is 0 Å². The third-order valence-corrected chi connectivity index (χ3v) is 2.45. The van der Waals surface area contributed by atoms with E-state index < -0.39 is 11.0 Å². The number of nitrogens with two attached hydrogens (primary N) is 1. The van der Waals surface area contributed by atoms with E-state index in [9.17, 15) is 14.9 Å². The largest absolute Gasteiger partial charge is 0.393 e. The Morgan fingerprint density at radius 3 is 2.53 bits per heavy atom. The van der Waals surface area contributed by atoms with Crippen molar-refractivity contribution in [3.63, 3.8) is 0 Å². The van der Waals surface area contributed by atoms with Crippen molar-refractivity contribution in [1.29, 1.82) is 0 Å². The molecule has 0 saturated heterocycles. The van der Waals surface area contributed by atoms with Crippen LogP contribution in [0.3, 0.4) is 0 Å². The molecular weight excluding hydrogens is 248 g/mol. The fourth-order valence-electron chi connectivity index (χ4n) is 1.59. The summed E-state index contributed by atoms with van der Waals surface area (Å²) in [5.74, 6) is -0.230. The van der Waals surface area contributed by atoms with E-state index in [2.05, 4.69) is 10.6 Å². The van der Waals surface area contributed by atoms with Crippen molar-refractivity contribution >= 4 is 23.0 Å². The molecule has 1 atom stereocenters. The Labute approximate surface area is 111 Å². The van der Waals surface area contributed by atoms with E-state index in [1.165, 1.54) is 12.1 Å². The van der Waals surface area contributed by atoms with Crippen LogP contribution in [-0.4, -0.2) is 22.9 Å². The first kappa shape index (κ1) is 14.7. The average molecular weight is 266 g/mol. The van der Waals surface area contributed by atoms with Crippen LogP contribution in [0.5, 0.6) is 0 Å². The van der Waals surface area contributed by atoms with Crippen LogP contribution in [0.15, 0.2) is 18.2 Å². The summed E-state index contributed by atoms with van der Waals surface area (Å²) < 4.78 is 0. The number of anilines is 2. The molecule has 7 heteroatoms. The number of hydrogen-bond donors (Lipinski definition) is 3. The molecule has 0 heterocycles. The third kappa shape index (κ3) is 3.84. The third-order valence-electron chi connectivity index (χ3n) is 2.45. The zero-order chi connectivity index (χ0) is 14.6. The maximum atomic E-state index is 11.7. The SMILES string of the molecule is CC(C)NC(=O)C(C)Nc1cccc(N)c1[N+](=O)[O-]. The number of nitro benzene ring substituents is 1. The molecule has 19 heavy (non-hydrogen) atoms. The molecule has 0 aliphatic carbocycles. The maximum Gasteiger partial charge on any atom is 0.314 e. The summed E-state index contributed by atoms with van der Waals surface area (Å²) in [6.07, 6.45) is 0.